The van der Waals surface area contributed by atoms with Crippen LogP contribution >= 0.6 is 11.6 Å². The SMILES string of the molecule is CC1CN(S(=O)(=O)c2cc(C(=O)Nc3ccccc3F)ccc2Cl)CC(C)O1. The van der Waals surface area contributed by atoms with E-state index in [9.17, 15) is 17.6 Å². The van der Waals surface area contributed by atoms with Gasteiger partial charge < -0.3 is 10.1 Å². The summed E-state index contributed by atoms with van der Waals surface area (Å²) in [7, 11) is -3.93. The maximum Gasteiger partial charge on any atom is 0.255 e. The highest BCUT2D eigenvalue weighted by Crippen LogP contribution is 2.28. The van der Waals surface area contributed by atoms with Crippen LogP contribution in [0.25, 0.3) is 0 Å². The Kier molecular flexibility index (Phi) is 6.04. The first-order chi connectivity index (χ1) is 13.2. The molecule has 0 aromatic heterocycles. The molecule has 0 saturated carbocycles. The lowest BCUT2D eigenvalue weighted by Crippen LogP contribution is -2.48. The van der Waals surface area contributed by atoms with Crippen molar-refractivity contribution in [1.29, 1.82) is 0 Å². The summed E-state index contributed by atoms with van der Waals surface area (Å²) < 4.78 is 46.8. The molecule has 3 rings (SSSR count). The fraction of sp³-hybridized carbons (Fsp3) is 0.316. The van der Waals surface area contributed by atoms with Crippen LogP contribution in [0.1, 0.15) is 24.2 Å². The van der Waals surface area contributed by atoms with E-state index in [2.05, 4.69) is 5.32 Å². The van der Waals surface area contributed by atoms with Crippen molar-refractivity contribution in [2.24, 2.45) is 0 Å². The summed E-state index contributed by atoms with van der Waals surface area (Å²) in [6.07, 6.45) is -0.519. The fourth-order valence-corrected chi connectivity index (χ4v) is 5.16. The van der Waals surface area contributed by atoms with Crippen molar-refractivity contribution in [1.82, 2.24) is 4.31 Å². The average molecular weight is 427 g/mol. The molecule has 1 N–H and O–H groups in total. The molecular weight excluding hydrogens is 407 g/mol. The number of sulfonamides is 1. The van der Waals surface area contributed by atoms with Crippen LogP contribution in [0.15, 0.2) is 47.4 Å². The van der Waals surface area contributed by atoms with Crippen LogP contribution in [0, 0.1) is 5.82 Å². The van der Waals surface area contributed by atoms with E-state index in [-0.39, 0.29) is 46.5 Å². The summed E-state index contributed by atoms with van der Waals surface area (Å²) in [5.41, 5.74) is 0.0586. The summed E-state index contributed by atoms with van der Waals surface area (Å²) >= 11 is 6.13. The number of ether oxygens (including phenoxy) is 1. The Labute approximate surface area is 168 Å². The van der Waals surface area contributed by atoms with Crippen molar-refractivity contribution < 1.29 is 22.3 Å². The van der Waals surface area contributed by atoms with Crippen LogP contribution in [0.5, 0.6) is 0 Å². The van der Waals surface area contributed by atoms with Gasteiger partial charge in [0.05, 0.1) is 22.9 Å². The molecule has 150 valence electrons. The third kappa shape index (κ3) is 4.35. The van der Waals surface area contributed by atoms with Gasteiger partial charge in [-0.05, 0) is 44.2 Å². The third-order valence-corrected chi connectivity index (χ3v) is 6.63. The highest BCUT2D eigenvalue weighted by Gasteiger charge is 2.33. The number of amides is 1. The second-order valence-electron chi connectivity index (χ2n) is 6.66. The number of hydrogen-bond acceptors (Lipinski definition) is 4. The first-order valence-electron chi connectivity index (χ1n) is 8.69. The van der Waals surface area contributed by atoms with E-state index >= 15 is 0 Å². The van der Waals surface area contributed by atoms with E-state index in [1.165, 1.54) is 40.7 Å². The van der Waals surface area contributed by atoms with Gasteiger partial charge in [-0.15, -0.1) is 0 Å². The predicted molar refractivity (Wildman–Crippen MR) is 105 cm³/mol. The topological polar surface area (TPSA) is 75.7 Å². The molecule has 2 atom stereocenters. The lowest BCUT2D eigenvalue weighted by Gasteiger charge is -2.34. The molecule has 2 aromatic rings. The summed E-state index contributed by atoms with van der Waals surface area (Å²) in [6, 6.07) is 9.66. The molecule has 6 nitrogen and oxygen atoms in total. The van der Waals surface area contributed by atoms with Gasteiger partial charge in [0.1, 0.15) is 10.7 Å². The highest BCUT2D eigenvalue weighted by molar-refractivity contribution is 7.89. The van der Waals surface area contributed by atoms with E-state index in [1.54, 1.807) is 19.9 Å². The van der Waals surface area contributed by atoms with Crippen molar-refractivity contribution in [3.63, 3.8) is 0 Å². The third-order valence-electron chi connectivity index (χ3n) is 4.32. The number of rotatable bonds is 4. The molecule has 1 saturated heterocycles. The zero-order valence-corrected chi connectivity index (χ0v) is 16.9. The molecular formula is C19H20ClFN2O4S. The first-order valence-corrected chi connectivity index (χ1v) is 10.5. The second-order valence-corrected chi connectivity index (χ2v) is 8.97. The van der Waals surface area contributed by atoms with Crippen LogP contribution in [-0.4, -0.2) is 43.9 Å². The number of hydrogen-bond donors (Lipinski definition) is 1. The molecule has 9 heteroatoms. The van der Waals surface area contributed by atoms with Crippen molar-refractivity contribution in [2.75, 3.05) is 18.4 Å². The van der Waals surface area contributed by atoms with Gasteiger partial charge >= 0.3 is 0 Å². The van der Waals surface area contributed by atoms with Crippen LogP contribution in [0.3, 0.4) is 0 Å². The molecule has 0 spiro atoms. The molecule has 0 aliphatic carbocycles. The summed E-state index contributed by atoms with van der Waals surface area (Å²) in [5, 5.41) is 2.44. The summed E-state index contributed by atoms with van der Waals surface area (Å²) in [6.45, 7) is 3.96. The Balaban J connectivity index is 1.91. The maximum atomic E-state index is 13.8. The number of nitrogens with zero attached hydrogens (tertiary/aromatic N) is 1. The van der Waals surface area contributed by atoms with E-state index in [4.69, 9.17) is 16.3 Å². The van der Waals surface area contributed by atoms with E-state index in [0.29, 0.717) is 0 Å². The van der Waals surface area contributed by atoms with Crippen LogP contribution in [0.4, 0.5) is 10.1 Å². The number of morpholine rings is 1. The molecule has 1 aliphatic rings. The molecule has 1 heterocycles. The van der Waals surface area contributed by atoms with Gasteiger partial charge in [0, 0.05) is 18.7 Å². The zero-order chi connectivity index (χ0) is 20.5. The van der Waals surface area contributed by atoms with Gasteiger partial charge in [-0.25, -0.2) is 12.8 Å². The minimum atomic E-state index is -3.93. The molecule has 0 radical (unpaired) electrons. The Morgan fingerprint density at radius 3 is 2.46 bits per heavy atom. The Morgan fingerprint density at radius 2 is 1.82 bits per heavy atom. The van der Waals surface area contributed by atoms with Gasteiger partial charge in [-0.2, -0.15) is 4.31 Å². The lowest BCUT2D eigenvalue weighted by molar-refractivity contribution is -0.0440. The molecule has 1 amide bonds. The van der Waals surface area contributed by atoms with Gasteiger partial charge in [0.25, 0.3) is 5.91 Å². The highest BCUT2D eigenvalue weighted by atomic mass is 35.5. The Bertz CT molecular complexity index is 989. The van der Waals surface area contributed by atoms with Crippen molar-refractivity contribution >= 4 is 33.2 Å². The van der Waals surface area contributed by atoms with Crippen LogP contribution in [-0.2, 0) is 14.8 Å². The average Bonchev–Trinajstić information content (AvgIpc) is 2.63. The molecule has 2 unspecified atom stereocenters. The fourth-order valence-electron chi connectivity index (χ4n) is 3.07. The van der Waals surface area contributed by atoms with Crippen molar-refractivity contribution in [3.05, 3.63) is 58.9 Å². The number of anilines is 1. The number of carbonyl (C=O) groups excluding carboxylic acids is 1. The molecule has 28 heavy (non-hydrogen) atoms. The number of halogens is 2. The normalized spacial score (nSPS) is 20.7. The summed E-state index contributed by atoms with van der Waals surface area (Å²) in [4.78, 5) is 12.3. The van der Waals surface area contributed by atoms with Gasteiger partial charge in [-0.3, -0.25) is 4.79 Å². The molecule has 2 aromatic carbocycles. The Hall–Kier alpha value is -2.00. The van der Waals surface area contributed by atoms with Crippen molar-refractivity contribution in [2.45, 2.75) is 31.0 Å². The van der Waals surface area contributed by atoms with E-state index in [1.807, 2.05) is 0 Å². The van der Waals surface area contributed by atoms with Crippen molar-refractivity contribution in [3.8, 4) is 0 Å². The molecule has 1 fully saturated rings. The molecule has 0 bridgehead atoms. The molecule has 1 aliphatic heterocycles. The minimum Gasteiger partial charge on any atom is -0.373 e. The smallest absolute Gasteiger partial charge is 0.255 e. The van der Waals surface area contributed by atoms with Gasteiger partial charge in [0.15, 0.2) is 0 Å². The second kappa shape index (κ2) is 8.16. The zero-order valence-electron chi connectivity index (χ0n) is 15.4. The predicted octanol–water partition coefficient (Wildman–Crippen LogP) is 3.53. The quantitative estimate of drug-likeness (QED) is 0.811. The lowest BCUT2D eigenvalue weighted by atomic mass is 10.2. The first kappa shape index (κ1) is 20.7. The number of carbonyl (C=O) groups is 1. The van der Waals surface area contributed by atoms with E-state index in [0.717, 1.165) is 0 Å². The van der Waals surface area contributed by atoms with Gasteiger partial charge in [-0.1, -0.05) is 23.7 Å². The number of nitrogens with one attached hydrogen (secondary N) is 1. The largest absolute Gasteiger partial charge is 0.373 e. The summed E-state index contributed by atoms with van der Waals surface area (Å²) in [5.74, 6) is -1.23. The van der Waals surface area contributed by atoms with Crippen LogP contribution in [0.2, 0.25) is 5.02 Å². The number of para-hydroxylation sites is 1. The standard InChI is InChI=1S/C19H20ClFN2O4S/c1-12-10-23(11-13(2)27-12)28(25,26)18-9-14(7-8-15(18)20)19(24)22-17-6-4-3-5-16(17)21/h3-9,12-13H,10-11H2,1-2H3,(H,22,24). The van der Waals surface area contributed by atoms with Gasteiger partial charge in [0.2, 0.25) is 10.0 Å². The number of benzene rings is 2. The minimum absolute atomic E-state index is 0.00249. The monoisotopic (exact) mass is 426 g/mol. The van der Waals surface area contributed by atoms with E-state index < -0.39 is 21.7 Å². The Morgan fingerprint density at radius 1 is 1.18 bits per heavy atom. The van der Waals surface area contributed by atoms with Crippen LogP contribution < -0.4 is 5.32 Å². The maximum absolute atomic E-state index is 13.8.